The SMILES string of the molecule is C[C@H](N)C(=O)NC(=O)Oc1nccc(OCc2ccc(Cl)cc2)c1O. The van der Waals surface area contributed by atoms with Crippen LogP contribution in [-0.4, -0.2) is 28.1 Å². The van der Waals surface area contributed by atoms with Crippen molar-refractivity contribution in [3.63, 3.8) is 0 Å². The van der Waals surface area contributed by atoms with E-state index in [0.29, 0.717) is 5.02 Å². The van der Waals surface area contributed by atoms with Crippen LogP contribution in [0.15, 0.2) is 36.5 Å². The van der Waals surface area contributed by atoms with Crippen molar-refractivity contribution in [2.75, 3.05) is 0 Å². The quantitative estimate of drug-likeness (QED) is 0.740. The van der Waals surface area contributed by atoms with Crippen LogP contribution in [-0.2, 0) is 11.4 Å². The zero-order valence-electron chi connectivity index (χ0n) is 13.2. The molecule has 132 valence electrons. The fourth-order valence-electron chi connectivity index (χ4n) is 1.68. The monoisotopic (exact) mass is 365 g/mol. The van der Waals surface area contributed by atoms with E-state index in [4.69, 9.17) is 26.8 Å². The average molecular weight is 366 g/mol. The highest BCUT2D eigenvalue weighted by molar-refractivity contribution is 6.30. The highest BCUT2D eigenvalue weighted by Crippen LogP contribution is 2.34. The van der Waals surface area contributed by atoms with E-state index < -0.39 is 29.7 Å². The molecular weight excluding hydrogens is 350 g/mol. The number of hydrogen-bond acceptors (Lipinski definition) is 7. The molecule has 25 heavy (non-hydrogen) atoms. The fraction of sp³-hybridized carbons (Fsp3) is 0.188. The number of amides is 2. The molecule has 0 saturated carbocycles. The van der Waals surface area contributed by atoms with Crippen molar-refractivity contribution >= 4 is 23.6 Å². The molecule has 1 aromatic carbocycles. The largest absolute Gasteiger partial charge is 0.501 e. The highest BCUT2D eigenvalue weighted by atomic mass is 35.5. The molecular formula is C16H16ClN3O5. The van der Waals surface area contributed by atoms with Crippen molar-refractivity contribution in [2.24, 2.45) is 5.73 Å². The van der Waals surface area contributed by atoms with Crippen LogP contribution in [0.3, 0.4) is 0 Å². The minimum absolute atomic E-state index is 0.0614. The normalized spacial score (nSPS) is 11.5. The summed E-state index contributed by atoms with van der Waals surface area (Å²) in [6.45, 7) is 1.56. The van der Waals surface area contributed by atoms with Crippen molar-refractivity contribution in [3.05, 3.63) is 47.1 Å². The Morgan fingerprint density at radius 2 is 2.00 bits per heavy atom. The molecule has 1 atom stereocenters. The van der Waals surface area contributed by atoms with Crippen LogP contribution in [0.2, 0.25) is 5.02 Å². The summed E-state index contributed by atoms with van der Waals surface area (Å²) in [6.07, 6.45) is 0.173. The van der Waals surface area contributed by atoms with Crippen molar-refractivity contribution in [2.45, 2.75) is 19.6 Å². The predicted octanol–water partition coefficient (Wildman–Crippen LogP) is 1.98. The van der Waals surface area contributed by atoms with Gasteiger partial charge in [-0.1, -0.05) is 23.7 Å². The molecule has 0 bridgehead atoms. The summed E-state index contributed by atoms with van der Waals surface area (Å²) in [4.78, 5) is 26.6. The van der Waals surface area contributed by atoms with E-state index in [-0.39, 0.29) is 12.4 Å². The second-order valence-electron chi connectivity index (χ2n) is 5.05. The smallest absolute Gasteiger partial charge is 0.420 e. The Labute approximate surface area is 148 Å². The Hall–Kier alpha value is -2.84. The van der Waals surface area contributed by atoms with Gasteiger partial charge in [-0.25, -0.2) is 9.78 Å². The third-order valence-corrected chi connectivity index (χ3v) is 3.24. The number of carbonyl (C=O) groups is 2. The van der Waals surface area contributed by atoms with Crippen LogP contribution in [0.25, 0.3) is 0 Å². The first-order valence-corrected chi connectivity index (χ1v) is 7.58. The summed E-state index contributed by atoms with van der Waals surface area (Å²) >= 11 is 5.80. The lowest BCUT2D eigenvalue weighted by molar-refractivity contribution is -0.121. The molecule has 0 aliphatic carbocycles. The van der Waals surface area contributed by atoms with Gasteiger partial charge in [0.25, 0.3) is 5.88 Å². The lowest BCUT2D eigenvalue weighted by atomic mass is 10.2. The summed E-state index contributed by atoms with van der Waals surface area (Å²) in [5.74, 6) is -1.53. The number of imide groups is 1. The third-order valence-electron chi connectivity index (χ3n) is 2.99. The third kappa shape index (κ3) is 5.33. The van der Waals surface area contributed by atoms with Crippen LogP contribution < -0.4 is 20.5 Å². The topological polar surface area (TPSA) is 124 Å². The van der Waals surface area contributed by atoms with Crippen molar-refractivity contribution < 1.29 is 24.2 Å². The Kier molecular flexibility index (Phi) is 6.15. The van der Waals surface area contributed by atoms with Gasteiger partial charge in [0.1, 0.15) is 6.61 Å². The van der Waals surface area contributed by atoms with Gasteiger partial charge in [-0.2, -0.15) is 0 Å². The maximum atomic E-state index is 11.6. The number of benzene rings is 1. The molecule has 2 amide bonds. The summed E-state index contributed by atoms with van der Waals surface area (Å²) in [6, 6.07) is 7.48. The summed E-state index contributed by atoms with van der Waals surface area (Å²) in [5, 5.41) is 12.6. The Bertz CT molecular complexity index is 765. The summed E-state index contributed by atoms with van der Waals surface area (Å²) in [5.41, 5.74) is 6.15. The average Bonchev–Trinajstić information content (AvgIpc) is 2.57. The lowest BCUT2D eigenvalue weighted by Crippen LogP contribution is -2.42. The zero-order chi connectivity index (χ0) is 18.4. The van der Waals surface area contributed by atoms with Gasteiger partial charge in [0.2, 0.25) is 11.7 Å². The standard InChI is InChI=1S/C16H16ClN3O5/c1-9(18)14(22)20-16(23)25-15-13(21)12(6-7-19-15)24-8-10-2-4-11(17)5-3-10/h2-7,9,21H,8,18H2,1H3,(H,20,22,23)/t9-/m0/s1. The molecule has 1 heterocycles. The number of ether oxygens (including phenoxy) is 2. The molecule has 2 rings (SSSR count). The van der Waals surface area contributed by atoms with Crippen LogP contribution in [0.1, 0.15) is 12.5 Å². The fourth-order valence-corrected chi connectivity index (χ4v) is 1.80. The van der Waals surface area contributed by atoms with Gasteiger partial charge in [-0.05, 0) is 24.6 Å². The first-order chi connectivity index (χ1) is 11.9. The molecule has 0 radical (unpaired) electrons. The van der Waals surface area contributed by atoms with Gasteiger partial charge in [0.15, 0.2) is 5.75 Å². The second kappa shape index (κ2) is 8.32. The molecule has 0 aliphatic heterocycles. The Balaban J connectivity index is 2.02. The number of nitrogens with one attached hydrogen (secondary N) is 1. The number of aromatic nitrogens is 1. The Morgan fingerprint density at radius 1 is 1.32 bits per heavy atom. The number of carbonyl (C=O) groups excluding carboxylic acids is 2. The first-order valence-electron chi connectivity index (χ1n) is 7.20. The number of halogens is 1. The van der Waals surface area contributed by atoms with Gasteiger partial charge < -0.3 is 20.3 Å². The van der Waals surface area contributed by atoms with E-state index >= 15 is 0 Å². The van der Waals surface area contributed by atoms with Crippen LogP contribution >= 0.6 is 11.6 Å². The number of rotatable bonds is 5. The number of nitrogens with two attached hydrogens (primary N) is 1. The molecule has 0 aliphatic rings. The number of aromatic hydroxyl groups is 1. The molecule has 0 spiro atoms. The van der Waals surface area contributed by atoms with Crippen LogP contribution in [0, 0.1) is 0 Å². The number of hydrogen-bond donors (Lipinski definition) is 3. The van der Waals surface area contributed by atoms with Crippen molar-refractivity contribution in [1.82, 2.24) is 10.3 Å². The van der Waals surface area contributed by atoms with Crippen molar-refractivity contribution in [3.8, 4) is 17.4 Å². The summed E-state index contributed by atoms with van der Waals surface area (Å²) in [7, 11) is 0. The van der Waals surface area contributed by atoms with Gasteiger partial charge in [-0.15, -0.1) is 0 Å². The van der Waals surface area contributed by atoms with Crippen LogP contribution in [0.5, 0.6) is 17.4 Å². The maximum Gasteiger partial charge on any atom is 0.420 e. The molecule has 2 aromatic rings. The van der Waals surface area contributed by atoms with E-state index in [9.17, 15) is 14.7 Å². The van der Waals surface area contributed by atoms with E-state index in [2.05, 4.69) is 4.98 Å². The molecule has 8 nitrogen and oxygen atoms in total. The van der Waals surface area contributed by atoms with E-state index in [0.717, 1.165) is 5.56 Å². The molecule has 1 aromatic heterocycles. The lowest BCUT2D eigenvalue weighted by Gasteiger charge is -2.11. The predicted molar refractivity (Wildman–Crippen MR) is 89.5 cm³/mol. The van der Waals surface area contributed by atoms with Crippen LogP contribution in [0.4, 0.5) is 4.79 Å². The van der Waals surface area contributed by atoms with E-state index in [1.807, 2.05) is 5.32 Å². The maximum absolute atomic E-state index is 11.6. The molecule has 4 N–H and O–H groups in total. The minimum Gasteiger partial charge on any atom is -0.501 e. The van der Waals surface area contributed by atoms with Gasteiger partial charge in [-0.3, -0.25) is 10.1 Å². The summed E-state index contributed by atoms with van der Waals surface area (Å²) < 4.78 is 10.3. The second-order valence-corrected chi connectivity index (χ2v) is 5.48. The molecule has 0 saturated heterocycles. The zero-order valence-corrected chi connectivity index (χ0v) is 14.0. The van der Waals surface area contributed by atoms with Gasteiger partial charge in [0, 0.05) is 17.3 Å². The van der Waals surface area contributed by atoms with E-state index in [1.54, 1.807) is 24.3 Å². The molecule has 0 fully saturated rings. The van der Waals surface area contributed by atoms with Gasteiger partial charge >= 0.3 is 6.09 Å². The van der Waals surface area contributed by atoms with Crippen molar-refractivity contribution in [1.29, 1.82) is 0 Å². The first kappa shape index (κ1) is 18.5. The minimum atomic E-state index is -1.11. The highest BCUT2D eigenvalue weighted by Gasteiger charge is 2.18. The number of pyridine rings is 1. The van der Waals surface area contributed by atoms with Gasteiger partial charge in [0.05, 0.1) is 6.04 Å². The van der Waals surface area contributed by atoms with E-state index in [1.165, 1.54) is 19.2 Å². The molecule has 9 heteroatoms. The Morgan fingerprint density at radius 3 is 2.64 bits per heavy atom. The molecule has 0 unspecified atom stereocenters. The number of nitrogens with zero attached hydrogens (tertiary/aromatic N) is 1.